The van der Waals surface area contributed by atoms with Crippen LogP contribution in [0, 0.1) is 0 Å². The SMILES string of the molecule is COC(O)NCC(O)N1CCCC1. The third-order valence-electron chi connectivity index (χ3n) is 2.26. The maximum Gasteiger partial charge on any atom is 0.213 e. The summed E-state index contributed by atoms with van der Waals surface area (Å²) in [5.41, 5.74) is 0. The van der Waals surface area contributed by atoms with Crippen LogP contribution in [0.4, 0.5) is 0 Å². The predicted molar refractivity (Wildman–Crippen MR) is 47.8 cm³/mol. The zero-order valence-electron chi connectivity index (χ0n) is 7.94. The van der Waals surface area contributed by atoms with Gasteiger partial charge in [-0.15, -0.1) is 0 Å². The third kappa shape index (κ3) is 3.58. The summed E-state index contributed by atoms with van der Waals surface area (Å²) >= 11 is 0. The Morgan fingerprint density at radius 2 is 2.00 bits per heavy atom. The molecule has 0 radical (unpaired) electrons. The molecule has 13 heavy (non-hydrogen) atoms. The predicted octanol–water partition coefficient (Wildman–Crippen LogP) is -1.09. The van der Waals surface area contributed by atoms with E-state index in [0.717, 1.165) is 25.9 Å². The van der Waals surface area contributed by atoms with Crippen LogP contribution >= 0.6 is 0 Å². The van der Waals surface area contributed by atoms with Crippen molar-refractivity contribution in [3.05, 3.63) is 0 Å². The lowest BCUT2D eigenvalue weighted by molar-refractivity contribution is -0.108. The van der Waals surface area contributed by atoms with Gasteiger partial charge >= 0.3 is 0 Å². The molecule has 2 unspecified atom stereocenters. The fourth-order valence-electron chi connectivity index (χ4n) is 1.46. The number of hydrogen-bond acceptors (Lipinski definition) is 5. The largest absolute Gasteiger partial charge is 0.377 e. The maximum absolute atomic E-state index is 9.59. The molecule has 1 heterocycles. The molecule has 1 rings (SSSR count). The monoisotopic (exact) mass is 190 g/mol. The zero-order chi connectivity index (χ0) is 9.68. The third-order valence-corrected chi connectivity index (χ3v) is 2.26. The Morgan fingerprint density at radius 1 is 1.38 bits per heavy atom. The Balaban J connectivity index is 2.12. The van der Waals surface area contributed by atoms with E-state index in [1.807, 2.05) is 4.90 Å². The minimum absolute atomic E-state index is 0.328. The average molecular weight is 190 g/mol. The number of aliphatic hydroxyl groups excluding tert-OH is 2. The van der Waals surface area contributed by atoms with Gasteiger partial charge in [-0.25, -0.2) is 0 Å². The van der Waals surface area contributed by atoms with Gasteiger partial charge in [0.2, 0.25) is 6.41 Å². The minimum Gasteiger partial charge on any atom is -0.377 e. The Kier molecular flexibility index (Phi) is 4.61. The van der Waals surface area contributed by atoms with Crippen molar-refractivity contribution in [3.63, 3.8) is 0 Å². The first-order chi connectivity index (χ1) is 6.24. The fourth-order valence-corrected chi connectivity index (χ4v) is 1.46. The number of rotatable bonds is 5. The van der Waals surface area contributed by atoms with Gasteiger partial charge in [0.05, 0.1) is 0 Å². The zero-order valence-corrected chi connectivity index (χ0v) is 7.94. The second kappa shape index (κ2) is 5.51. The van der Waals surface area contributed by atoms with Gasteiger partial charge in [-0.05, 0) is 12.8 Å². The van der Waals surface area contributed by atoms with E-state index in [0.29, 0.717) is 6.54 Å². The highest BCUT2D eigenvalue weighted by Crippen LogP contribution is 2.09. The number of likely N-dealkylation sites (tertiary alicyclic amines) is 1. The second-order valence-corrected chi connectivity index (χ2v) is 3.22. The van der Waals surface area contributed by atoms with E-state index >= 15 is 0 Å². The molecule has 0 spiro atoms. The molecule has 1 aliphatic heterocycles. The van der Waals surface area contributed by atoms with Gasteiger partial charge < -0.3 is 14.9 Å². The van der Waals surface area contributed by atoms with Crippen LogP contribution in [0.1, 0.15) is 12.8 Å². The van der Waals surface area contributed by atoms with Crippen LogP contribution in [0.2, 0.25) is 0 Å². The first kappa shape index (κ1) is 10.9. The number of nitrogens with zero attached hydrogens (tertiary/aromatic N) is 1. The van der Waals surface area contributed by atoms with Crippen molar-refractivity contribution in [3.8, 4) is 0 Å². The molecule has 1 aliphatic rings. The van der Waals surface area contributed by atoms with Crippen molar-refractivity contribution >= 4 is 0 Å². The summed E-state index contributed by atoms with van der Waals surface area (Å²) in [7, 11) is 1.40. The summed E-state index contributed by atoms with van der Waals surface area (Å²) in [4.78, 5) is 1.98. The number of aliphatic hydroxyl groups is 2. The highest BCUT2D eigenvalue weighted by Gasteiger charge is 2.19. The first-order valence-corrected chi connectivity index (χ1v) is 4.60. The second-order valence-electron chi connectivity index (χ2n) is 3.22. The van der Waals surface area contributed by atoms with Gasteiger partial charge in [-0.1, -0.05) is 0 Å². The number of methoxy groups -OCH3 is 1. The first-order valence-electron chi connectivity index (χ1n) is 4.60. The van der Waals surface area contributed by atoms with E-state index in [9.17, 15) is 5.11 Å². The lowest BCUT2D eigenvalue weighted by atomic mass is 10.4. The minimum atomic E-state index is -0.989. The lowest BCUT2D eigenvalue weighted by Crippen LogP contribution is -2.44. The van der Waals surface area contributed by atoms with Crippen molar-refractivity contribution in [2.75, 3.05) is 26.7 Å². The van der Waals surface area contributed by atoms with Crippen molar-refractivity contribution in [1.82, 2.24) is 10.2 Å². The summed E-state index contributed by atoms with van der Waals surface area (Å²) in [6.45, 7) is 2.20. The van der Waals surface area contributed by atoms with Crippen LogP contribution in [0.25, 0.3) is 0 Å². The van der Waals surface area contributed by atoms with Gasteiger partial charge in [-0.2, -0.15) is 0 Å². The van der Waals surface area contributed by atoms with E-state index in [1.165, 1.54) is 7.11 Å². The van der Waals surface area contributed by atoms with Gasteiger partial charge in [0, 0.05) is 26.7 Å². The summed E-state index contributed by atoms with van der Waals surface area (Å²) < 4.78 is 4.58. The molecule has 0 aromatic rings. The quantitative estimate of drug-likeness (QED) is 0.481. The lowest BCUT2D eigenvalue weighted by Gasteiger charge is -2.23. The standard InChI is InChI=1S/C8H18N2O3/c1-13-8(12)9-6-7(11)10-4-2-3-5-10/h7-9,11-12H,2-6H2,1H3. The van der Waals surface area contributed by atoms with E-state index in [4.69, 9.17) is 5.11 Å². The van der Waals surface area contributed by atoms with Crippen LogP contribution in [-0.4, -0.2) is 54.5 Å². The van der Waals surface area contributed by atoms with Gasteiger partial charge in [0.25, 0.3) is 0 Å². The van der Waals surface area contributed by atoms with E-state index in [1.54, 1.807) is 0 Å². The topological polar surface area (TPSA) is 65.0 Å². The fraction of sp³-hybridized carbons (Fsp3) is 1.00. The summed E-state index contributed by atoms with van der Waals surface area (Å²) in [5, 5.41) is 21.2. The molecule has 2 atom stereocenters. The van der Waals surface area contributed by atoms with E-state index in [2.05, 4.69) is 10.1 Å². The molecule has 3 N–H and O–H groups in total. The highest BCUT2D eigenvalue weighted by molar-refractivity contribution is 4.70. The molecule has 0 bridgehead atoms. The van der Waals surface area contributed by atoms with Gasteiger partial charge in [0.1, 0.15) is 6.23 Å². The Morgan fingerprint density at radius 3 is 2.54 bits per heavy atom. The van der Waals surface area contributed by atoms with Gasteiger partial charge in [0.15, 0.2) is 0 Å². The van der Waals surface area contributed by atoms with E-state index in [-0.39, 0.29) is 0 Å². The van der Waals surface area contributed by atoms with Crippen LogP contribution in [0.5, 0.6) is 0 Å². The average Bonchev–Trinajstić information content (AvgIpc) is 2.66. The number of nitrogens with one attached hydrogen (secondary N) is 1. The molecule has 0 saturated carbocycles. The summed E-state index contributed by atoms with van der Waals surface area (Å²) in [6, 6.07) is 0. The molecule has 78 valence electrons. The van der Waals surface area contributed by atoms with Crippen LogP contribution < -0.4 is 5.32 Å². The normalized spacial score (nSPS) is 23.3. The number of hydrogen-bond donors (Lipinski definition) is 3. The Labute approximate surface area is 78.3 Å². The van der Waals surface area contributed by atoms with Gasteiger partial charge in [-0.3, -0.25) is 10.2 Å². The highest BCUT2D eigenvalue weighted by atomic mass is 16.6. The molecule has 0 amide bonds. The molecule has 1 saturated heterocycles. The van der Waals surface area contributed by atoms with Crippen molar-refractivity contribution < 1.29 is 14.9 Å². The number of ether oxygens (including phenoxy) is 1. The Hall–Kier alpha value is -0.200. The van der Waals surface area contributed by atoms with Crippen LogP contribution in [0.15, 0.2) is 0 Å². The molecule has 1 fully saturated rings. The van der Waals surface area contributed by atoms with Crippen molar-refractivity contribution in [2.45, 2.75) is 25.5 Å². The smallest absolute Gasteiger partial charge is 0.213 e. The molecule has 0 aromatic carbocycles. The van der Waals surface area contributed by atoms with Crippen LogP contribution in [-0.2, 0) is 4.74 Å². The maximum atomic E-state index is 9.59. The van der Waals surface area contributed by atoms with Crippen molar-refractivity contribution in [1.29, 1.82) is 0 Å². The molecular weight excluding hydrogens is 172 g/mol. The van der Waals surface area contributed by atoms with Crippen molar-refractivity contribution in [2.24, 2.45) is 0 Å². The summed E-state index contributed by atoms with van der Waals surface area (Å²) in [6.07, 6.45) is 0.776. The molecule has 5 heteroatoms. The van der Waals surface area contributed by atoms with E-state index < -0.39 is 12.6 Å². The van der Waals surface area contributed by atoms with Crippen LogP contribution in [0.3, 0.4) is 0 Å². The Bertz CT molecular complexity index is 139. The molecule has 0 aliphatic carbocycles. The molecule has 0 aromatic heterocycles. The molecular formula is C8H18N2O3. The summed E-state index contributed by atoms with van der Waals surface area (Å²) in [5.74, 6) is 0. The molecule has 5 nitrogen and oxygen atoms in total.